The second kappa shape index (κ2) is 4.43. The van der Waals surface area contributed by atoms with Crippen molar-refractivity contribution in [1.82, 2.24) is 0 Å². The highest BCUT2D eigenvalue weighted by atomic mass is 32.1. The van der Waals surface area contributed by atoms with Gasteiger partial charge in [0.15, 0.2) is 0 Å². The predicted molar refractivity (Wildman–Crippen MR) is 75.6 cm³/mol. The fourth-order valence-corrected chi connectivity index (χ4v) is 2.58. The quantitative estimate of drug-likeness (QED) is 0.638. The molecule has 0 bridgehead atoms. The molecule has 84 valence electrons. The summed E-state index contributed by atoms with van der Waals surface area (Å²) < 4.78 is 7.06. The SMILES string of the molecule is Sc1ccc(Oc2ccc3sccc3c2)cc1. The highest BCUT2D eigenvalue weighted by Gasteiger charge is 2.00. The number of thiophene rings is 1. The molecule has 0 saturated heterocycles. The van der Waals surface area contributed by atoms with E-state index in [1.54, 1.807) is 11.3 Å². The Bertz CT molecular complexity index is 641. The van der Waals surface area contributed by atoms with Crippen LogP contribution < -0.4 is 4.74 Å². The van der Waals surface area contributed by atoms with Crippen LogP contribution in [0.4, 0.5) is 0 Å². The molecule has 0 unspecified atom stereocenters. The summed E-state index contributed by atoms with van der Waals surface area (Å²) in [5.74, 6) is 1.69. The molecular weight excluding hydrogens is 248 g/mol. The summed E-state index contributed by atoms with van der Waals surface area (Å²) in [7, 11) is 0. The van der Waals surface area contributed by atoms with E-state index < -0.39 is 0 Å². The monoisotopic (exact) mass is 258 g/mol. The molecule has 3 heteroatoms. The maximum Gasteiger partial charge on any atom is 0.128 e. The lowest BCUT2D eigenvalue weighted by Gasteiger charge is -2.05. The first-order chi connectivity index (χ1) is 8.31. The highest BCUT2D eigenvalue weighted by molar-refractivity contribution is 7.80. The van der Waals surface area contributed by atoms with Crippen LogP contribution in [0.3, 0.4) is 0 Å². The third-order valence-corrected chi connectivity index (χ3v) is 3.69. The Labute approximate surface area is 109 Å². The molecule has 0 aliphatic carbocycles. The molecular formula is C14H10OS2. The first-order valence-electron chi connectivity index (χ1n) is 5.25. The molecule has 0 fully saturated rings. The molecule has 0 N–H and O–H groups in total. The largest absolute Gasteiger partial charge is 0.457 e. The Balaban J connectivity index is 1.91. The summed E-state index contributed by atoms with van der Waals surface area (Å²) >= 11 is 5.98. The Morgan fingerprint density at radius 2 is 1.65 bits per heavy atom. The zero-order chi connectivity index (χ0) is 11.7. The first-order valence-corrected chi connectivity index (χ1v) is 6.58. The molecule has 1 heterocycles. The van der Waals surface area contributed by atoms with Crippen LogP contribution in [0, 0.1) is 0 Å². The third-order valence-electron chi connectivity index (χ3n) is 2.50. The van der Waals surface area contributed by atoms with Crippen molar-refractivity contribution in [2.24, 2.45) is 0 Å². The van der Waals surface area contributed by atoms with Crippen LogP contribution in [-0.4, -0.2) is 0 Å². The van der Waals surface area contributed by atoms with Gasteiger partial charge in [0.05, 0.1) is 0 Å². The van der Waals surface area contributed by atoms with Gasteiger partial charge in [-0.1, -0.05) is 0 Å². The molecule has 0 atom stereocenters. The van der Waals surface area contributed by atoms with Crippen LogP contribution in [0.1, 0.15) is 0 Å². The average molecular weight is 258 g/mol. The topological polar surface area (TPSA) is 9.23 Å². The molecule has 0 aliphatic heterocycles. The lowest BCUT2D eigenvalue weighted by atomic mass is 10.2. The molecule has 3 aromatic rings. The number of hydrogen-bond acceptors (Lipinski definition) is 3. The summed E-state index contributed by atoms with van der Waals surface area (Å²) in [4.78, 5) is 0.936. The first kappa shape index (κ1) is 10.7. The van der Waals surface area contributed by atoms with Gasteiger partial charge in [-0.05, 0) is 59.3 Å². The smallest absolute Gasteiger partial charge is 0.128 e. The van der Waals surface area contributed by atoms with Gasteiger partial charge in [-0.2, -0.15) is 0 Å². The van der Waals surface area contributed by atoms with Gasteiger partial charge in [0.2, 0.25) is 0 Å². The molecule has 17 heavy (non-hydrogen) atoms. The van der Waals surface area contributed by atoms with Crippen molar-refractivity contribution in [3.63, 3.8) is 0 Å². The molecule has 0 amide bonds. The van der Waals surface area contributed by atoms with Crippen LogP contribution in [0.2, 0.25) is 0 Å². The van der Waals surface area contributed by atoms with Gasteiger partial charge in [0.1, 0.15) is 11.5 Å². The minimum atomic E-state index is 0.831. The molecule has 0 aliphatic rings. The predicted octanol–water partition coefficient (Wildman–Crippen LogP) is 4.98. The van der Waals surface area contributed by atoms with E-state index in [-0.39, 0.29) is 0 Å². The van der Waals surface area contributed by atoms with Gasteiger partial charge in [0.25, 0.3) is 0 Å². The van der Waals surface area contributed by atoms with Crippen molar-refractivity contribution < 1.29 is 4.74 Å². The second-order valence-electron chi connectivity index (χ2n) is 3.72. The number of fused-ring (bicyclic) bond motifs is 1. The number of hydrogen-bond donors (Lipinski definition) is 1. The van der Waals surface area contributed by atoms with Crippen LogP contribution in [0.25, 0.3) is 10.1 Å². The summed E-state index contributed by atoms with van der Waals surface area (Å²) in [6, 6.07) is 15.9. The number of thiol groups is 1. The van der Waals surface area contributed by atoms with E-state index in [0.29, 0.717) is 0 Å². The minimum absolute atomic E-state index is 0.831. The lowest BCUT2D eigenvalue weighted by Crippen LogP contribution is -1.82. The van der Waals surface area contributed by atoms with Crippen molar-refractivity contribution in [1.29, 1.82) is 0 Å². The second-order valence-corrected chi connectivity index (χ2v) is 5.18. The lowest BCUT2D eigenvalue weighted by molar-refractivity contribution is 0.483. The molecule has 0 saturated carbocycles. The molecule has 3 rings (SSSR count). The Morgan fingerprint density at radius 1 is 0.882 bits per heavy atom. The Kier molecular flexibility index (Phi) is 2.79. The number of benzene rings is 2. The van der Waals surface area contributed by atoms with Gasteiger partial charge in [-0.3, -0.25) is 0 Å². The zero-order valence-electron chi connectivity index (χ0n) is 8.96. The van der Waals surface area contributed by atoms with Crippen LogP contribution in [0.15, 0.2) is 58.8 Å². The molecule has 1 nitrogen and oxygen atoms in total. The van der Waals surface area contributed by atoms with Crippen molar-refractivity contribution in [3.8, 4) is 11.5 Å². The van der Waals surface area contributed by atoms with E-state index in [2.05, 4.69) is 36.2 Å². The minimum Gasteiger partial charge on any atom is -0.457 e. The van der Waals surface area contributed by atoms with Crippen molar-refractivity contribution in [3.05, 3.63) is 53.9 Å². The van der Waals surface area contributed by atoms with Crippen molar-refractivity contribution in [2.75, 3.05) is 0 Å². The maximum absolute atomic E-state index is 5.78. The van der Waals surface area contributed by atoms with Gasteiger partial charge in [-0.25, -0.2) is 0 Å². The van der Waals surface area contributed by atoms with E-state index >= 15 is 0 Å². The van der Waals surface area contributed by atoms with Gasteiger partial charge in [0, 0.05) is 9.60 Å². The standard InChI is InChI=1S/C14H10OS2/c16-13-4-1-11(2-5-13)15-12-3-6-14-10(9-12)7-8-17-14/h1-9,16H. The van der Waals surface area contributed by atoms with Gasteiger partial charge >= 0.3 is 0 Å². The van der Waals surface area contributed by atoms with Crippen molar-refractivity contribution in [2.45, 2.75) is 4.90 Å². The number of rotatable bonds is 2. The zero-order valence-corrected chi connectivity index (χ0v) is 10.7. The van der Waals surface area contributed by atoms with Crippen LogP contribution >= 0.6 is 24.0 Å². The molecule has 1 aromatic heterocycles. The normalized spacial score (nSPS) is 10.6. The third kappa shape index (κ3) is 2.30. The average Bonchev–Trinajstić information content (AvgIpc) is 2.79. The summed E-state index contributed by atoms with van der Waals surface area (Å²) in [6.45, 7) is 0. The fourth-order valence-electron chi connectivity index (χ4n) is 1.66. The van der Waals surface area contributed by atoms with E-state index in [9.17, 15) is 0 Å². The van der Waals surface area contributed by atoms with E-state index in [1.165, 1.54) is 10.1 Å². The number of ether oxygens (including phenoxy) is 1. The van der Waals surface area contributed by atoms with Crippen LogP contribution in [-0.2, 0) is 0 Å². The van der Waals surface area contributed by atoms with Crippen molar-refractivity contribution >= 4 is 34.1 Å². The van der Waals surface area contributed by atoms with Gasteiger partial charge in [-0.15, -0.1) is 24.0 Å². The molecule has 0 spiro atoms. The van der Waals surface area contributed by atoms with E-state index in [4.69, 9.17) is 4.74 Å². The Morgan fingerprint density at radius 3 is 2.47 bits per heavy atom. The fraction of sp³-hybridized carbons (Fsp3) is 0. The summed E-state index contributed by atoms with van der Waals surface area (Å²) in [5.41, 5.74) is 0. The summed E-state index contributed by atoms with van der Waals surface area (Å²) in [5, 5.41) is 3.31. The molecule has 2 aromatic carbocycles. The summed E-state index contributed by atoms with van der Waals surface area (Å²) in [6.07, 6.45) is 0. The highest BCUT2D eigenvalue weighted by Crippen LogP contribution is 2.28. The molecule has 0 radical (unpaired) electrons. The Hall–Kier alpha value is -1.45. The van der Waals surface area contributed by atoms with E-state index in [1.807, 2.05) is 30.3 Å². The van der Waals surface area contributed by atoms with Gasteiger partial charge < -0.3 is 4.74 Å². The maximum atomic E-state index is 5.78. The van der Waals surface area contributed by atoms with Crippen LogP contribution in [0.5, 0.6) is 11.5 Å². The van der Waals surface area contributed by atoms with E-state index in [0.717, 1.165) is 16.4 Å².